The van der Waals surface area contributed by atoms with Gasteiger partial charge in [0.25, 0.3) is 5.91 Å². The Morgan fingerprint density at radius 1 is 1.26 bits per heavy atom. The zero-order chi connectivity index (χ0) is 14.3. The van der Waals surface area contributed by atoms with E-state index in [2.05, 4.69) is 10.9 Å². The van der Waals surface area contributed by atoms with Crippen molar-refractivity contribution in [2.75, 3.05) is 12.3 Å². The first-order valence-electron chi connectivity index (χ1n) is 6.08. The molecule has 19 heavy (non-hydrogen) atoms. The molecule has 0 fully saturated rings. The van der Waals surface area contributed by atoms with E-state index in [1.807, 2.05) is 13.8 Å². The topological polar surface area (TPSA) is 93.5 Å². The number of rotatable bonds is 4. The summed E-state index contributed by atoms with van der Waals surface area (Å²) < 4.78 is 4.87. The number of carbonyl (C=O) groups is 2. The van der Waals surface area contributed by atoms with Crippen LogP contribution in [0.3, 0.4) is 0 Å². The molecule has 0 heterocycles. The van der Waals surface area contributed by atoms with Gasteiger partial charge in [-0.2, -0.15) is 0 Å². The van der Waals surface area contributed by atoms with Gasteiger partial charge in [0, 0.05) is 5.69 Å². The molecule has 0 aliphatic carbocycles. The number of para-hydroxylation sites is 1. The van der Waals surface area contributed by atoms with Crippen molar-refractivity contribution >= 4 is 17.7 Å². The fourth-order valence-corrected chi connectivity index (χ4v) is 1.30. The maximum absolute atomic E-state index is 11.7. The molecule has 0 spiro atoms. The van der Waals surface area contributed by atoms with E-state index in [0.717, 1.165) is 6.42 Å². The predicted molar refractivity (Wildman–Crippen MR) is 72.3 cm³/mol. The van der Waals surface area contributed by atoms with E-state index in [-0.39, 0.29) is 0 Å². The predicted octanol–water partition coefficient (Wildman–Crippen LogP) is 1.69. The van der Waals surface area contributed by atoms with Crippen LogP contribution in [0.2, 0.25) is 0 Å². The molecular weight excluding hydrogens is 246 g/mol. The van der Waals surface area contributed by atoms with E-state index in [4.69, 9.17) is 10.5 Å². The number of nitrogen functional groups attached to an aromatic ring is 1. The van der Waals surface area contributed by atoms with Crippen molar-refractivity contribution in [1.82, 2.24) is 10.9 Å². The summed E-state index contributed by atoms with van der Waals surface area (Å²) in [7, 11) is 0. The summed E-state index contributed by atoms with van der Waals surface area (Å²) in [5.74, 6) is -0.0367. The first kappa shape index (κ1) is 14.8. The molecular formula is C13H19N3O3. The number of benzene rings is 1. The summed E-state index contributed by atoms with van der Waals surface area (Å²) in [5.41, 5.74) is 10.7. The lowest BCUT2D eigenvalue weighted by Crippen LogP contribution is -2.42. The molecule has 0 unspecified atom stereocenters. The standard InChI is InChI=1S/C13H19N3O3/c1-9(2)7-8-19-13(18)16-15-12(17)10-5-3-4-6-11(10)14/h3-6,9H,7-8,14H2,1-2H3,(H,15,17)(H,16,18). The average molecular weight is 265 g/mol. The highest BCUT2D eigenvalue weighted by atomic mass is 16.6. The molecule has 0 atom stereocenters. The number of amides is 2. The molecule has 1 aromatic carbocycles. The van der Waals surface area contributed by atoms with Crippen molar-refractivity contribution in [2.45, 2.75) is 20.3 Å². The van der Waals surface area contributed by atoms with Crippen molar-refractivity contribution < 1.29 is 14.3 Å². The Labute approximate surface area is 112 Å². The van der Waals surface area contributed by atoms with Gasteiger partial charge in [0.05, 0.1) is 12.2 Å². The van der Waals surface area contributed by atoms with Gasteiger partial charge < -0.3 is 10.5 Å². The summed E-state index contributed by atoms with van der Waals surface area (Å²) in [6.07, 6.45) is 0.0796. The van der Waals surface area contributed by atoms with Crippen molar-refractivity contribution in [3.8, 4) is 0 Å². The molecule has 6 heteroatoms. The molecule has 0 radical (unpaired) electrons. The van der Waals surface area contributed by atoms with Crippen LogP contribution in [0, 0.1) is 5.92 Å². The van der Waals surface area contributed by atoms with Crippen LogP contribution in [0.25, 0.3) is 0 Å². The minimum Gasteiger partial charge on any atom is -0.448 e. The fraction of sp³-hybridized carbons (Fsp3) is 0.385. The molecule has 0 aromatic heterocycles. The Hall–Kier alpha value is -2.24. The van der Waals surface area contributed by atoms with Gasteiger partial charge in [0.15, 0.2) is 0 Å². The summed E-state index contributed by atoms with van der Waals surface area (Å²) in [5, 5.41) is 0. The van der Waals surface area contributed by atoms with Crippen LogP contribution in [-0.2, 0) is 4.74 Å². The lowest BCUT2D eigenvalue weighted by molar-refractivity contribution is 0.0907. The van der Waals surface area contributed by atoms with Crippen LogP contribution in [-0.4, -0.2) is 18.6 Å². The van der Waals surface area contributed by atoms with Gasteiger partial charge >= 0.3 is 6.09 Å². The zero-order valence-electron chi connectivity index (χ0n) is 11.1. The van der Waals surface area contributed by atoms with E-state index in [9.17, 15) is 9.59 Å². The fourth-order valence-electron chi connectivity index (χ4n) is 1.30. The smallest absolute Gasteiger partial charge is 0.426 e. The quantitative estimate of drug-likeness (QED) is 0.570. The lowest BCUT2D eigenvalue weighted by Gasteiger charge is -2.10. The zero-order valence-corrected chi connectivity index (χ0v) is 11.1. The van der Waals surface area contributed by atoms with Gasteiger partial charge in [-0.3, -0.25) is 10.2 Å². The summed E-state index contributed by atoms with van der Waals surface area (Å²) in [6.45, 7) is 4.37. The monoisotopic (exact) mass is 265 g/mol. The van der Waals surface area contributed by atoms with Crippen molar-refractivity contribution in [3.05, 3.63) is 29.8 Å². The number of hydrogen-bond acceptors (Lipinski definition) is 4. The Balaban J connectivity index is 2.34. The maximum Gasteiger partial charge on any atom is 0.426 e. The van der Waals surface area contributed by atoms with E-state index in [0.29, 0.717) is 23.8 Å². The number of hydrogen-bond donors (Lipinski definition) is 3. The number of anilines is 1. The van der Waals surface area contributed by atoms with Gasteiger partial charge in [-0.25, -0.2) is 10.2 Å². The molecule has 0 saturated heterocycles. The minimum atomic E-state index is -0.691. The van der Waals surface area contributed by atoms with Crippen LogP contribution >= 0.6 is 0 Å². The van der Waals surface area contributed by atoms with Crippen LogP contribution in [0.4, 0.5) is 10.5 Å². The third kappa shape index (κ3) is 5.29. The molecule has 1 aromatic rings. The van der Waals surface area contributed by atoms with Crippen molar-refractivity contribution in [3.63, 3.8) is 0 Å². The number of hydrazine groups is 1. The Morgan fingerprint density at radius 3 is 2.58 bits per heavy atom. The molecule has 0 aliphatic rings. The summed E-state index contributed by atoms with van der Waals surface area (Å²) in [6, 6.07) is 6.58. The first-order chi connectivity index (χ1) is 9.00. The van der Waals surface area contributed by atoms with Gasteiger partial charge in [0.2, 0.25) is 0 Å². The molecule has 0 saturated carbocycles. The molecule has 0 aliphatic heterocycles. The molecule has 104 valence electrons. The highest BCUT2D eigenvalue weighted by Gasteiger charge is 2.10. The van der Waals surface area contributed by atoms with Crippen LogP contribution in [0.5, 0.6) is 0 Å². The second-order valence-corrected chi connectivity index (χ2v) is 4.48. The molecule has 6 nitrogen and oxygen atoms in total. The van der Waals surface area contributed by atoms with E-state index >= 15 is 0 Å². The average Bonchev–Trinajstić information content (AvgIpc) is 2.36. The minimum absolute atomic E-state index is 0.296. The first-order valence-corrected chi connectivity index (χ1v) is 6.08. The highest BCUT2D eigenvalue weighted by Crippen LogP contribution is 2.09. The second-order valence-electron chi connectivity index (χ2n) is 4.48. The number of nitrogens with two attached hydrogens (primary N) is 1. The lowest BCUT2D eigenvalue weighted by atomic mass is 10.1. The molecule has 4 N–H and O–H groups in total. The van der Waals surface area contributed by atoms with Gasteiger partial charge in [-0.15, -0.1) is 0 Å². The Morgan fingerprint density at radius 2 is 1.95 bits per heavy atom. The Kier molecular flexibility index (Phi) is 5.66. The maximum atomic E-state index is 11.7. The molecule has 0 bridgehead atoms. The largest absolute Gasteiger partial charge is 0.448 e. The van der Waals surface area contributed by atoms with Crippen molar-refractivity contribution in [1.29, 1.82) is 0 Å². The summed E-state index contributed by atoms with van der Waals surface area (Å²) in [4.78, 5) is 23.0. The number of nitrogens with one attached hydrogen (secondary N) is 2. The van der Waals surface area contributed by atoms with Crippen LogP contribution in [0.15, 0.2) is 24.3 Å². The highest BCUT2D eigenvalue weighted by molar-refractivity contribution is 5.99. The van der Waals surface area contributed by atoms with E-state index in [1.54, 1.807) is 24.3 Å². The van der Waals surface area contributed by atoms with E-state index in [1.165, 1.54) is 0 Å². The Bertz CT molecular complexity index is 447. The molecule has 1 rings (SSSR count). The second kappa shape index (κ2) is 7.25. The van der Waals surface area contributed by atoms with Crippen LogP contribution < -0.4 is 16.6 Å². The van der Waals surface area contributed by atoms with Gasteiger partial charge in [0.1, 0.15) is 0 Å². The third-order valence-corrected chi connectivity index (χ3v) is 2.41. The van der Waals surface area contributed by atoms with Gasteiger partial charge in [-0.05, 0) is 24.5 Å². The number of carbonyl (C=O) groups excluding carboxylic acids is 2. The normalized spacial score (nSPS) is 10.1. The number of ether oxygens (including phenoxy) is 1. The van der Waals surface area contributed by atoms with Crippen LogP contribution in [0.1, 0.15) is 30.6 Å². The summed E-state index contributed by atoms with van der Waals surface area (Å²) >= 11 is 0. The van der Waals surface area contributed by atoms with E-state index < -0.39 is 12.0 Å². The molecule has 2 amide bonds. The SMILES string of the molecule is CC(C)CCOC(=O)NNC(=O)c1ccccc1N. The third-order valence-electron chi connectivity index (χ3n) is 2.41. The van der Waals surface area contributed by atoms with Gasteiger partial charge in [-0.1, -0.05) is 26.0 Å². The van der Waals surface area contributed by atoms with Crippen molar-refractivity contribution in [2.24, 2.45) is 5.92 Å².